The number of rotatable bonds is 5. The van der Waals surface area contributed by atoms with E-state index in [1.54, 1.807) is 0 Å². The number of nitrogens with one attached hydrogen (secondary N) is 1. The van der Waals surface area contributed by atoms with Gasteiger partial charge in [0.2, 0.25) is 0 Å². The molecule has 1 N–H and O–H groups in total. The smallest absolute Gasteiger partial charge is 0.387 e. The second-order valence-corrected chi connectivity index (χ2v) is 4.52. The zero-order chi connectivity index (χ0) is 15.4. The normalized spacial score (nSPS) is 10.8. The fourth-order valence-electron chi connectivity index (χ4n) is 1.68. The first-order valence-electron chi connectivity index (χ1n) is 5.88. The molecule has 0 aliphatic heterocycles. The van der Waals surface area contributed by atoms with E-state index in [1.807, 2.05) is 0 Å². The molecule has 0 aliphatic rings. The van der Waals surface area contributed by atoms with Crippen LogP contribution in [0.3, 0.4) is 0 Å². The molecule has 7 heteroatoms. The molecule has 0 atom stereocenters. The highest BCUT2D eigenvalue weighted by Gasteiger charge is 2.09. The van der Waals surface area contributed by atoms with Gasteiger partial charge in [-0.25, -0.2) is 8.78 Å². The second-order valence-electron chi connectivity index (χ2n) is 4.11. The van der Waals surface area contributed by atoms with Crippen LogP contribution >= 0.6 is 11.6 Å². The minimum atomic E-state index is -2.97. The zero-order valence-electron chi connectivity index (χ0n) is 10.5. The first-order valence-corrected chi connectivity index (χ1v) is 6.25. The highest BCUT2D eigenvalue weighted by atomic mass is 35.5. The molecule has 0 amide bonds. The molecule has 2 aromatic rings. The largest absolute Gasteiger partial charge is 0.433 e. The molecule has 0 bridgehead atoms. The Bertz CT molecular complexity index is 636. The van der Waals surface area contributed by atoms with Gasteiger partial charge in [0.05, 0.1) is 5.02 Å². The number of anilines is 1. The van der Waals surface area contributed by atoms with Crippen LogP contribution in [0.5, 0.6) is 5.75 Å². The van der Waals surface area contributed by atoms with Crippen LogP contribution in [-0.2, 0) is 6.54 Å². The predicted molar refractivity (Wildman–Crippen MR) is 71.8 cm³/mol. The highest BCUT2D eigenvalue weighted by molar-refractivity contribution is 6.32. The summed E-state index contributed by atoms with van der Waals surface area (Å²) in [5.41, 5.74) is 0.601. The molecule has 0 aliphatic carbocycles. The summed E-state index contributed by atoms with van der Waals surface area (Å²) < 4.78 is 54.8. The Morgan fingerprint density at radius 3 is 2.52 bits per heavy atom. The second kappa shape index (κ2) is 6.67. The topological polar surface area (TPSA) is 21.3 Å². The van der Waals surface area contributed by atoms with Crippen LogP contribution in [0.1, 0.15) is 5.56 Å². The maximum atomic E-state index is 13.4. The fourth-order valence-corrected chi connectivity index (χ4v) is 1.90. The van der Waals surface area contributed by atoms with Crippen LogP contribution in [0.2, 0.25) is 5.02 Å². The van der Waals surface area contributed by atoms with Crippen LogP contribution in [-0.4, -0.2) is 6.61 Å². The number of alkyl halides is 2. The predicted octanol–water partition coefficient (Wildman–Crippen LogP) is 4.83. The average molecular weight is 320 g/mol. The molecule has 2 nitrogen and oxygen atoms in total. The summed E-state index contributed by atoms with van der Waals surface area (Å²) in [6.45, 7) is -2.95. The van der Waals surface area contributed by atoms with E-state index in [0.29, 0.717) is 5.69 Å². The maximum Gasteiger partial charge on any atom is 0.387 e. The Labute approximate surface area is 123 Å². The third-order valence-corrected chi connectivity index (χ3v) is 2.93. The highest BCUT2D eigenvalue weighted by Crippen LogP contribution is 2.29. The van der Waals surface area contributed by atoms with Gasteiger partial charge in [-0.05, 0) is 36.4 Å². The van der Waals surface area contributed by atoms with Gasteiger partial charge in [-0.1, -0.05) is 11.6 Å². The first-order chi connectivity index (χ1) is 9.95. The molecule has 0 heterocycles. The molecule has 0 spiro atoms. The summed E-state index contributed by atoms with van der Waals surface area (Å²) in [4.78, 5) is 0. The molecule has 112 valence electrons. The molecule has 0 saturated heterocycles. The van der Waals surface area contributed by atoms with Gasteiger partial charge in [0.1, 0.15) is 17.4 Å². The van der Waals surface area contributed by atoms with Crippen molar-refractivity contribution in [1.29, 1.82) is 0 Å². The molecule has 0 saturated carbocycles. The van der Waals surface area contributed by atoms with Crippen molar-refractivity contribution in [3.63, 3.8) is 0 Å². The van der Waals surface area contributed by atoms with Crippen molar-refractivity contribution in [2.75, 3.05) is 5.32 Å². The molecule has 0 fully saturated rings. The lowest BCUT2D eigenvalue weighted by Crippen LogP contribution is -2.04. The third-order valence-electron chi connectivity index (χ3n) is 2.64. The SMILES string of the molecule is Fc1ccc(F)c(CNc2ccc(OC(F)F)c(Cl)c2)c1. The molecule has 21 heavy (non-hydrogen) atoms. The first kappa shape index (κ1) is 15.4. The van der Waals surface area contributed by atoms with E-state index in [9.17, 15) is 17.6 Å². The minimum Gasteiger partial charge on any atom is -0.433 e. The fraction of sp³-hybridized carbons (Fsp3) is 0.143. The van der Waals surface area contributed by atoms with E-state index < -0.39 is 18.2 Å². The van der Waals surface area contributed by atoms with Gasteiger partial charge in [-0.15, -0.1) is 0 Å². The Kier molecular flexibility index (Phi) is 4.90. The van der Waals surface area contributed by atoms with Gasteiger partial charge in [0.25, 0.3) is 0 Å². The molecule has 0 aromatic heterocycles. The monoisotopic (exact) mass is 319 g/mol. The van der Waals surface area contributed by atoms with E-state index >= 15 is 0 Å². The van der Waals surface area contributed by atoms with Gasteiger partial charge < -0.3 is 10.1 Å². The molecule has 2 aromatic carbocycles. The zero-order valence-corrected chi connectivity index (χ0v) is 11.3. The van der Waals surface area contributed by atoms with Crippen molar-refractivity contribution in [1.82, 2.24) is 0 Å². The standard InChI is InChI=1S/C14H10ClF4NO/c15-11-6-10(2-4-13(11)21-14(18)19)20-7-8-5-9(16)1-3-12(8)17/h1-6,14,20H,7H2. The van der Waals surface area contributed by atoms with Gasteiger partial charge in [0, 0.05) is 17.8 Å². The minimum absolute atomic E-state index is 0.0139. The summed E-state index contributed by atoms with van der Waals surface area (Å²) >= 11 is 5.78. The van der Waals surface area contributed by atoms with Gasteiger partial charge in [-0.3, -0.25) is 0 Å². The molecule has 0 unspecified atom stereocenters. The number of halogens is 5. The molecule has 0 radical (unpaired) electrons. The average Bonchev–Trinajstić information content (AvgIpc) is 2.42. The van der Waals surface area contributed by atoms with E-state index in [4.69, 9.17) is 11.6 Å². The van der Waals surface area contributed by atoms with E-state index in [2.05, 4.69) is 10.1 Å². The van der Waals surface area contributed by atoms with Crippen LogP contribution in [0.15, 0.2) is 36.4 Å². The van der Waals surface area contributed by atoms with Gasteiger partial charge in [-0.2, -0.15) is 8.78 Å². The van der Waals surface area contributed by atoms with E-state index in [1.165, 1.54) is 18.2 Å². The molecular formula is C14H10ClF4NO. The summed E-state index contributed by atoms with van der Waals surface area (Å²) in [6.07, 6.45) is 0. The van der Waals surface area contributed by atoms with Crippen LogP contribution in [0.25, 0.3) is 0 Å². The number of benzene rings is 2. The van der Waals surface area contributed by atoms with Gasteiger partial charge in [0.15, 0.2) is 0 Å². The number of hydrogen-bond donors (Lipinski definition) is 1. The van der Waals surface area contributed by atoms with Crippen molar-refractivity contribution in [2.24, 2.45) is 0 Å². The summed E-state index contributed by atoms with van der Waals surface area (Å²) in [6, 6.07) is 7.18. The van der Waals surface area contributed by atoms with E-state index in [0.717, 1.165) is 18.2 Å². The Morgan fingerprint density at radius 2 is 1.86 bits per heavy atom. The Balaban J connectivity index is 2.07. The quantitative estimate of drug-likeness (QED) is 0.797. The van der Waals surface area contributed by atoms with Crippen molar-refractivity contribution >= 4 is 17.3 Å². The lowest BCUT2D eigenvalue weighted by Gasteiger charge is -2.11. The molecular weight excluding hydrogens is 310 g/mol. The Hall–Kier alpha value is -1.95. The van der Waals surface area contributed by atoms with Gasteiger partial charge >= 0.3 is 6.61 Å². The van der Waals surface area contributed by atoms with E-state index in [-0.39, 0.29) is 22.9 Å². The number of hydrogen-bond acceptors (Lipinski definition) is 2. The van der Waals surface area contributed by atoms with Crippen molar-refractivity contribution < 1.29 is 22.3 Å². The van der Waals surface area contributed by atoms with Crippen LogP contribution in [0, 0.1) is 11.6 Å². The third kappa shape index (κ3) is 4.26. The summed E-state index contributed by atoms with van der Waals surface area (Å²) in [5, 5.41) is 2.80. The maximum absolute atomic E-state index is 13.4. The van der Waals surface area contributed by atoms with Crippen LogP contribution in [0.4, 0.5) is 23.2 Å². The van der Waals surface area contributed by atoms with Crippen molar-refractivity contribution in [2.45, 2.75) is 13.2 Å². The van der Waals surface area contributed by atoms with Crippen molar-refractivity contribution in [3.8, 4) is 5.75 Å². The van der Waals surface area contributed by atoms with Crippen LogP contribution < -0.4 is 10.1 Å². The number of ether oxygens (including phenoxy) is 1. The summed E-state index contributed by atoms with van der Waals surface area (Å²) in [7, 11) is 0. The summed E-state index contributed by atoms with van der Waals surface area (Å²) in [5.74, 6) is -1.26. The lowest BCUT2D eigenvalue weighted by atomic mass is 10.2. The van der Waals surface area contributed by atoms with Crippen molar-refractivity contribution in [3.05, 3.63) is 58.6 Å². The molecule has 2 rings (SSSR count). The Morgan fingerprint density at radius 1 is 1.10 bits per heavy atom. The lowest BCUT2D eigenvalue weighted by molar-refractivity contribution is -0.0497.